The minimum atomic E-state index is -1.51. The predicted octanol–water partition coefficient (Wildman–Crippen LogP) is 4.44. The van der Waals surface area contributed by atoms with Gasteiger partial charge >= 0.3 is 0 Å². The Bertz CT molecular complexity index is 581. The highest BCUT2D eigenvalue weighted by Crippen LogP contribution is 2.27. The molecule has 1 atom stereocenters. The Morgan fingerprint density at radius 3 is 2.22 bits per heavy atom. The van der Waals surface area contributed by atoms with Crippen LogP contribution in [0.3, 0.4) is 0 Å². The highest BCUT2D eigenvalue weighted by molar-refractivity contribution is 7.84. The maximum atomic E-state index is 13.5. The van der Waals surface area contributed by atoms with Gasteiger partial charge in [-0.05, 0) is 24.3 Å². The van der Waals surface area contributed by atoms with Crippen LogP contribution in [0, 0.1) is 5.82 Å². The van der Waals surface area contributed by atoms with E-state index >= 15 is 0 Å². The van der Waals surface area contributed by atoms with Crippen LogP contribution in [-0.4, -0.2) is 4.21 Å². The van der Waals surface area contributed by atoms with E-state index in [0.29, 0.717) is 15.6 Å². The zero-order valence-electron chi connectivity index (χ0n) is 9.20. The predicted molar refractivity (Wildman–Crippen MR) is 73.0 cm³/mol. The number of hydrogen-bond acceptors (Lipinski definition) is 1. The Kier molecular flexibility index (Phi) is 4.38. The van der Waals surface area contributed by atoms with E-state index in [1.807, 2.05) is 0 Å². The number of halogens is 3. The number of hydrogen-bond donors (Lipinski definition) is 0. The zero-order chi connectivity index (χ0) is 13.1. The Balaban J connectivity index is 2.30. The third-order valence-electron chi connectivity index (χ3n) is 2.42. The van der Waals surface area contributed by atoms with Gasteiger partial charge in [0.25, 0.3) is 0 Å². The summed E-state index contributed by atoms with van der Waals surface area (Å²) in [7, 11) is -1.51. The first-order valence-electron chi connectivity index (χ1n) is 5.15. The summed E-state index contributed by atoms with van der Waals surface area (Å²) in [6, 6.07) is 11.0. The summed E-state index contributed by atoms with van der Waals surface area (Å²) in [6.07, 6.45) is 0. The molecular formula is C13H9Cl2FOS. The van der Waals surface area contributed by atoms with Crippen molar-refractivity contribution in [2.45, 2.75) is 10.6 Å². The van der Waals surface area contributed by atoms with Gasteiger partial charge in [-0.15, -0.1) is 0 Å². The minimum Gasteiger partial charge on any atom is -0.254 e. The molecular weight excluding hydrogens is 294 g/mol. The number of rotatable bonds is 3. The van der Waals surface area contributed by atoms with Crippen LogP contribution in [-0.2, 0) is 16.6 Å². The van der Waals surface area contributed by atoms with Gasteiger partial charge in [0, 0.05) is 15.6 Å². The maximum Gasteiger partial charge on any atom is 0.139 e. The minimum absolute atomic E-state index is 0.0967. The van der Waals surface area contributed by atoms with Crippen LogP contribution in [0.1, 0.15) is 5.56 Å². The van der Waals surface area contributed by atoms with Gasteiger partial charge in [-0.2, -0.15) is 0 Å². The van der Waals surface area contributed by atoms with E-state index in [4.69, 9.17) is 23.2 Å². The molecule has 0 aromatic heterocycles. The van der Waals surface area contributed by atoms with E-state index in [0.717, 1.165) is 0 Å². The van der Waals surface area contributed by atoms with Crippen molar-refractivity contribution < 1.29 is 8.60 Å². The van der Waals surface area contributed by atoms with Gasteiger partial charge < -0.3 is 0 Å². The van der Waals surface area contributed by atoms with E-state index in [2.05, 4.69) is 0 Å². The van der Waals surface area contributed by atoms with Crippen molar-refractivity contribution >= 4 is 34.0 Å². The second-order valence-electron chi connectivity index (χ2n) is 3.62. The van der Waals surface area contributed by atoms with E-state index in [1.54, 1.807) is 30.3 Å². The second-order valence-corrected chi connectivity index (χ2v) is 5.85. The highest BCUT2D eigenvalue weighted by Gasteiger charge is 2.14. The van der Waals surface area contributed by atoms with Crippen LogP contribution >= 0.6 is 23.2 Å². The van der Waals surface area contributed by atoms with Crippen LogP contribution < -0.4 is 0 Å². The quantitative estimate of drug-likeness (QED) is 0.819. The fraction of sp³-hybridized carbons (Fsp3) is 0.0769. The molecule has 0 aliphatic heterocycles. The molecule has 18 heavy (non-hydrogen) atoms. The van der Waals surface area contributed by atoms with Crippen molar-refractivity contribution in [1.29, 1.82) is 0 Å². The largest absolute Gasteiger partial charge is 0.254 e. The van der Waals surface area contributed by atoms with Crippen molar-refractivity contribution in [3.8, 4) is 0 Å². The van der Waals surface area contributed by atoms with Crippen LogP contribution in [0.15, 0.2) is 47.4 Å². The first-order valence-corrected chi connectivity index (χ1v) is 7.23. The molecule has 0 aliphatic rings. The lowest BCUT2D eigenvalue weighted by molar-refractivity contribution is 0.595. The van der Waals surface area contributed by atoms with Crippen LogP contribution in [0.4, 0.5) is 4.39 Å². The van der Waals surface area contributed by atoms with Gasteiger partial charge in [-0.25, -0.2) is 4.39 Å². The summed E-state index contributed by atoms with van der Waals surface area (Å²) in [6.45, 7) is 0. The molecule has 0 bridgehead atoms. The molecule has 0 radical (unpaired) electrons. The molecule has 0 heterocycles. The molecule has 2 rings (SSSR count). The van der Waals surface area contributed by atoms with Crippen LogP contribution in [0.2, 0.25) is 10.0 Å². The summed E-state index contributed by atoms with van der Waals surface area (Å²) in [4.78, 5) is 0.161. The van der Waals surface area contributed by atoms with Crippen molar-refractivity contribution in [2.75, 3.05) is 0 Å². The molecule has 0 aliphatic carbocycles. The summed E-state index contributed by atoms with van der Waals surface area (Å²) in [5.74, 6) is -0.390. The average Bonchev–Trinajstić information content (AvgIpc) is 2.34. The molecule has 2 aromatic carbocycles. The molecule has 0 fully saturated rings. The van der Waals surface area contributed by atoms with Gasteiger partial charge in [0.15, 0.2) is 0 Å². The lowest BCUT2D eigenvalue weighted by Crippen LogP contribution is -2.00. The van der Waals surface area contributed by atoms with Gasteiger partial charge in [0.1, 0.15) is 5.82 Å². The van der Waals surface area contributed by atoms with Crippen LogP contribution in [0.5, 0.6) is 0 Å². The average molecular weight is 303 g/mol. The van der Waals surface area contributed by atoms with Gasteiger partial charge in [-0.3, -0.25) is 4.21 Å². The molecule has 0 saturated heterocycles. The van der Waals surface area contributed by atoms with Crippen molar-refractivity contribution in [1.82, 2.24) is 0 Å². The van der Waals surface area contributed by atoms with Crippen LogP contribution in [0.25, 0.3) is 0 Å². The first-order chi connectivity index (χ1) is 8.59. The van der Waals surface area contributed by atoms with E-state index in [9.17, 15) is 8.60 Å². The first kappa shape index (κ1) is 13.5. The van der Waals surface area contributed by atoms with Crippen molar-refractivity contribution in [3.05, 3.63) is 63.9 Å². The molecule has 0 amide bonds. The summed E-state index contributed by atoms with van der Waals surface area (Å²) >= 11 is 12.0. The Hall–Kier alpha value is -0.900. The molecule has 1 nitrogen and oxygen atoms in total. The van der Waals surface area contributed by atoms with Gasteiger partial charge in [0.05, 0.1) is 21.4 Å². The third-order valence-corrected chi connectivity index (χ3v) is 4.50. The fourth-order valence-electron chi connectivity index (χ4n) is 1.51. The smallest absolute Gasteiger partial charge is 0.139 e. The van der Waals surface area contributed by atoms with Gasteiger partial charge in [0.2, 0.25) is 0 Å². The molecule has 0 spiro atoms. The standard InChI is InChI=1S/C13H9Cl2FOS/c14-10-4-3-5-11(15)9(10)8-18(17)13-7-2-1-6-12(13)16/h1-7H,8H2. The summed E-state index contributed by atoms with van der Waals surface area (Å²) < 4.78 is 25.6. The Labute approximate surface area is 117 Å². The molecule has 0 saturated carbocycles. The maximum absolute atomic E-state index is 13.5. The normalized spacial score (nSPS) is 12.4. The van der Waals surface area contributed by atoms with E-state index < -0.39 is 16.6 Å². The lowest BCUT2D eigenvalue weighted by Gasteiger charge is -2.07. The van der Waals surface area contributed by atoms with Crippen molar-refractivity contribution in [3.63, 3.8) is 0 Å². The molecule has 94 valence electrons. The highest BCUT2D eigenvalue weighted by atomic mass is 35.5. The third kappa shape index (κ3) is 2.91. The van der Waals surface area contributed by atoms with Crippen molar-refractivity contribution in [2.24, 2.45) is 0 Å². The van der Waals surface area contributed by atoms with E-state index in [1.165, 1.54) is 12.1 Å². The monoisotopic (exact) mass is 302 g/mol. The zero-order valence-corrected chi connectivity index (χ0v) is 11.5. The topological polar surface area (TPSA) is 17.1 Å². The van der Waals surface area contributed by atoms with E-state index in [-0.39, 0.29) is 10.6 Å². The fourth-order valence-corrected chi connectivity index (χ4v) is 3.44. The SMILES string of the molecule is O=S(Cc1c(Cl)cccc1Cl)c1ccccc1F. The molecule has 2 aromatic rings. The molecule has 5 heteroatoms. The second kappa shape index (κ2) is 5.83. The lowest BCUT2D eigenvalue weighted by atomic mass is 10.2. The Morgan fingerprint density at radius 1 is 1.00 bits per heavy atom. The molecule has 1 unspecified atom stereocenters. The summed E-state index contributed by atoms with van der Waals surface area (Å²) in [5.41, 5.74) is 0.572. The summed E-state index contributed by atoms with van der Waals surface area (Å²) in [5, 5.41) is 0.874. The Morgan fingerprint density at radius 2 is 1.61 bits per heavy atom. The van der Waals surface area contributed by atoms with Gasteiger partial charge in [-0.1, -0.05) is 41.4 Å². The number of benzene rings is 2. The molecule has 0 N–H and O–H groups in total.